The summed E-state index contributed by atoms with van der Waals surface area (Å²) in [6, 6.07) is 6.82. The molecule has 0 aliphatic heterocycles. The SMILES string of the molecule is CNCc1cccc(Cl)c1N(C)C1CCC1. The van der Waals surface area contributed by atoms with Gasteiger partial charge in [-0.25, -0.2) is 0 Å². The second-order valence-electron chi connectivity index (χ2n) is 4.47. The van der Waals surface area contributed by atoms with E-state index in [-0.39, 0.29) is 0 Å². The first-order valence-corrected chi connectivity index (χ1v) is 6.26. The quantitative estimate of drug-likeness (QED) is 0.868. The molecule has 1 aromatic rings. The summed E-state index contributed by atoms with van der Waals surface area (Å²) in [4.78, 5) is 2.35. The highest BCUT2D eigenvalue weighted by atomic mass is 35.5. The molecule has 0 aromatic heterocycles. The number of rotatable bonds is 4. The van der Waals surface area contributed by atoms with Gasteiger partial charge in [-0.3, -0.25) is 0 Å². The second-order valence-corrected chi connectivity index (χ2v) is 4.88. The van der Waals surface area contributed by atoms with Gasteiger partial charge in [0.15, 0.2) is 0 Å². The fourth-order valence-corrected chi connectivity index (χ4v) is 2.57. The molecule has 1 aliphatic carbocycles. The molecule has 0 unspecified atom stereocenters. The Morgan fingerprint density at radius 1 is 1.44 bits per heavy atom. The number of nitrogens with one attached hydrogen (secondary N) is 1. The van der Waals surface area contributed by atoms with Crippen molar-refractivity contribution < 1.29 is 0 Å². The van der Waals surface area contributed by atoms with Crippen LogP contribution in [0.25, 0.3) is 0 Å². The molecule has 0 bridgehead atoms. The standard InChI is InChI=1S/C13H19ClN2/c1-15-9-10-5-3-8-12(14)13(10)16(2)11-6-4-7-11/h3,5,8,11,15H,4,6-7,9H2,1-2H3. The number of benzene rings is 1. The molecular weight excluding hydrogens is 220 g/mol. The minimum absolute atomic E-state index is 0.676. The van der Waals surface area contributed by atoms with Crippen LogP contribution in [0.15, 0.2) is 18.2 Å². The fourth-order valence-electron chi connectivity index (χ4n) is 2.24. The van der Waals surface area contributed by atoms with Crippen molar-refractivity contribution in [2.75, 3.05) is 19.0 Å². The molecule has 1 fully saturated rings. The van der Waals surface area contributed by atoms with Crippen LogP contribution in [0, 0.1) is 0 Å². The summed E-state index contributed by atoms with van der Waals surface area (Å²) in [5.74, 6) is 0. The van der Waals surface area contributed by atoms with Crippen LogP contribution >= 0.6 is 11.6 Å². The van der Waals surface area contributed by atoms with E-state index in [0.717, 1.165) is 11.6 Å². The highest BCUT2D eigenvalue weighted by Gasteiger charge is 2.24. The van der Waals surface area contributed by atoms with Crippen molar-refractivity contribution >= 4 is 17.3 Å². The summed E-state index contributed by atoms with van der Waals surface area (Å²) in [5, 5.41) is 4.06. The zero-order chi connectivity index (χ0) is 11.5. The third kappa shape index (κ3) is 2.18. The number of halogens is 1. The lowest BCUT2D eigenvalue weighted by Gasteiger charge is -2.38. The van der Waals surface area contributed by atoms with Crippen molar-refractivity contribution in [3.63, 3.8) is 0 Å². The number of hydrogen-bond acceptors (Lipinski definition) is 2. The summed E-state index contributed by atoms with van der Waals surface area (Å²) in [7, 11) is 4.12. The third-order valence-corrected chi connectivity index (χ3v) is 3.72. The number of nitrogens with zero attached hydrogens (tertiary/aromatic N) is 1. The molecule has 16 heavy (non-hydrogen) atoms. The van der Waals surface area contributed by atoms with Crippen molar-refractivity contribution in [1.82, 2.24) is 5.32 Å². The molecule has 0 heterocycles. The topological polar surface area (TPSA) is 15.3 Å². The average Bonchev–Trinajstić information content (AvgIpc) is 2.15. The van der Waals surface area contributed by atoms with Gasteiger partial charge in [0, 0.05) is 19.6 Å². The number of para-hydroxylation sites is 1. The van der Waals surface area contributed by atoms with Crippen LogP contribution in [0.4, 0.5) is 5.69 Å². The molecule has 1 aromatic carbocycles. The predicted molar refractivity (Wildman–Crippen MR) is 70.3 cm³/mol. The summed E-state index contributed by atoms with van der Waals surface area (Å²) < 4.78 is 0. The van der Waals surface area contributed by atoms with Gasteiger partial charge in [0.05, 0.1) is 10.7 Å². The zero-order valence-electron chi connectivity index (χ0n) is 9.96. The average molecular weight is 239 g/mol. The van der Waals surface area contributed by atoms with Gasteiger partial charge in [-0.1, -0.05) is 23.7 Å². The number of hydrogen-bond donors (Lipinski definition) is 1. The van der Waals surface area contributed by atoms with E-state index in [1.54, 1.807) is 0 Å². The van der Waals surface area contributed by atoms with Crippen LogP contribution in [-0.4, -0.2) is 20.1 Å². The molecule has 1 N–H and O–H groups in total. The van der Waals surface area contributed by atoms with Crippen molar-refractivity contribution in [3.05, 3.63) is 28.8 Å². The minimum Gasteiger partial charge on any atom is -0.370 e. The van der Waals surface area contributed by atoms with E-state index >= 15 is 0 Å². The monoisotopic (exact) mass is 238 g/mol. The third-order valence-electron chi connectivity index (χ3n) is 3.41. The van der Waals surface area contributed by atoms with Gasteiger partial charge < -0.3 is 10.2 Å². The molecule has 1 saturated carbocycles. The molecule has 0 radical (unpaired) electrons. The first-order chi connectivity index (χ1) is 7.74. The van der Waals surface area contributed by atoms with Crippen molar-refractivity contribution in [1.29, 1.82) is 0 Å². The Bertz CT molecular complexity index is 361. The van der Waals surface area contributed by atoms with Crippen molar-refractivity contribution in [3.8, 4) is 0 Å². The smallest absolute Gasteiger partial charge is 0.0642 e. The molecule has 88 valence electrons. The van der Waals surface area contributed by atoms with E-state index in [1.165, 1.54) is 30.5 Å². The summed E-state index contributed by atoms with van der Waals surface area (Å²) >= 11 is 6.32. The highest BCUT2D eigenvalue weighted by molar-refractivity contribution is 6.33. The van der Waals surface area contributed by atoms with Crippen LogP contribution in [0.1, 0.15) is 24.8 Å². The Morgan fingerprint density at radius 3 is 2.75 bits per heavy atom. The number of anilines is 1. The van der Waals surface area contributed by atoms with Crippen LogP contribution in [0.2, 0.25) is 5.02 Å². The minimum atomic E-state index is 0.676. The fraction of sp³-hybridized carbons (Fsp3) is 0.538. The molecule has 2 rings (SSSR count). The molecule has 2 nitrogen and oxygen atoms in total. The largest absolute Gasteiger partial charge is 0.370 e. The Kier molecular flexibility index (Phi) is 3.72. The normalized spacial score (nSPS) is 15.9. The van der Waals surface area contributed by atoms with Crippen molar-refractivity contribution in [2.45, 2.75) is 31.8 Å². The molecule has 0 saturated heterocycles. The van der Waals surface area contributed by atoms with Crippen LogP contribution in [0.5, 0.6) is 0 Å². The van der Waals surface area contributed by atoms with Gasteiger partial charge in [-0.05, 0) is 37.9 Å². The van der Waals surface area contributed by atoms with Crippen molar-refractivity contribution in [2.24, 2.45) is 0 Å². The Morgan fingerprint density at radius 2 is 2.19 bits per heavy atom. The van der Waals surface area contributed by atoms with Crippen LogP contribution in [0.3, 0.4) is 0 Å². The summed E-state index contributed by atoms with van der Waals surface area (Å²) in [6.07, 6.45) is 3.93. The van der Waals surface area contributed by atoms with E-state index < -0.39 is 0 Å². The first kappa shape index (κ1) is 11.7. The van der Waals surface area contributed by atoms with E-state index in [0.29, 0.717) is 6.04 Å². The van der Waals surface area contributed by atoms with Gasteiger partial charge in [-0.15, -0.1) is 0 Å². The molecule has 1 aliphatic rings. The Balaban J connectivity index is 2.28. The summed E-state index contributed by atoms with van der Waals surface area (Å²) in [5.41, 5.74) is 2.48. The van der Waals surface area contributed by atoms with E-state index in [4.69, 9.17) is 11.6 Å². The van der Waals surface area contributed by atoms with E-state index in [2.05, 4.69) is 23.3 Å². The van der Waals surface area contributed by atoms with E-state index in [1.807, 2.05) is 19.2 Å². The Labute approximate surface area is 103 Å². The van der Waals surface area contributed by atoms with E-state index in [9.17, 15) is 0 Å². The Hall–Kier alpha value is -0.730. The maximum absolute atomic E-state index is 6.32. The molecule has 0 atom stereocenters. The van der Waals surface area contributed by atoms with Gasteiger partial charge in [-0.2, -0.15) is 0 Å². The highest BCUT2D eigenvalue weighted by Crippen LogP contribution is 2.35. The maximum atomic E-state index is 6.32. The maximum Gasteiger partial charge on any atom is 0.0642 e. The van der Waals surface area contributed by atoms with Gasteiger partial charge in [0.1, 0.15) is 0 Å². The van der Waals surface area contributed by atoms with Crippen LogP contribution in [-0.2, 0) is 6.54 Å². The van der Waals surface area contributed by atoms with Gasteiger partial charge in [0.2, 0.25) is 0 Å². The lowest BCUT2D eigenvalue weighted by atomic mass is 9.91. The van der Waals surface area contributed by atoms with Crippen LogP contribution < -0.4 is 10.2 Å². The molecule has 3 heteroatoms. The van der Waals surface area contributed by atoms with Gasteiger partial charge >= 0.3 is 0 Å². The second kappa shape index (κ2) is 5.07. The predicted octanol–water partition coefficient (Wildman–Crippen LogP) is 3.05. The molecule has 0 spiro atoms. The molecule has 0 amide bonds. The molecular formula is C13H19ClN2. The summed E-state index contributed by atoms with van der Waals surface area (Å²) in [6.45, 7) is 0.868. The zero-order valence-corrected chi connectivity index (χ0v) is 10.7. The first-order valence-electron chi connectivity index (χ1n) is 5.89. The lowest BCUT2D eigenvalue weighted by molar-refractivity contribution is 0.400. The lowest BCUT2D eigenvalue weighted by Crippen LogP contribution is -2.38. The van der Waals surface area contributed by atoms with Gasteiger partial charge in [0.25, 0.3) is 0 Å².